The van der Waals surface area contributed by atoms with Gasteiger partial charge in [-0.1, -0.05) is 6.07 Å². The van der Waals surface area contributed by atoms with E-state index in [4.69, 9.17) is 15.2 Å². The molecule has 0 aliphatic rings. The summed E-state index contributed by atoms with van der Waals surface area (Å²) in [5.41, 5.74) is 6.72. The lowest BCUT2D eigenvalue weighted by Crippen LogP contribution is -1.93. The largest absolute Gasteiger partial charge is 0.493 e. The molecule has 0 spiro atoms. The Morgan fingerprint density at radius 2 is 2.00 bits per heavy atom. The van der Waals surface area contributed by atoms with Gasteiger partial charge in [-0.3, -0.25) is 0 Å². The van der Waals surface area contributed by atoms with Gasteiger partial charge in [-0.05, 0) is 17.7 Å². The average Bonchev–Trinajstić information content (AvgIpc) is 2.86. The maximum atomic E-state index is 5.57. The molecule has 18 heavy (non-hydrogen) atoms. The summed E-state index contributed by atoms with van der Waals surface area (Å²) in [5, 5.41) is 1.06. The molecule has 0 atom stereocenters. The van der Waals surface area contributed by atoms with Crippen LogP contribution in [0.1, 0.15) is 15.4 Å². The summed E-state index contributed by atoms with van der Waals surface area (Å²) in [6.45, 7) is 0.545. The fourth-order valence-electron chi connectivity index (χ4n) is 1.69. The van der Waals surface area contributed by atoms with Crippen molar-refractivity contribution in [3.8, 4) is 11.5 Å². The SMILES string of the molecule is COc1ccc(Cc2ncc(CN)s2)cc1OC. The number of methoxy groups -OCH3 is 2. The number of rotatable bonds is 5. The van der Waals surface area contributed by atoms with Crippen molar-refractivity contribution in [3.63, 3.8) is 0 Å². The molecule has 1 aromatic carbocycles. The minimum absolute atomic E-state index is 0.545. The Hall–Kier alpha value is -1.59. The van der Waals surface area contributed by atoms with Gasteiger partial charge in [0.1, 0.15) is 0 Å². The summed E-state index contributed by atoms with van der Waals surface area (Å²) in [7, 11) is 3.27. The fraction of sp³-hybridized carbons (Fsp3) is 0.308. The number of nitrogens with zero attached hydrogens (tertiary/aromatic N) is 1. The monoisotopic (exact) mass is 264 g/mol. The summed E-state index contributed by atoms with van der Waals surface area (Å²) in [5.74, 6) is 1.48. The van der Waals surface area contributed by atoms with E-state index in [-0.39, 0.29) is 0 Å². The molecule has 2 N–H and O–H groups in total. The number of benzene rings is 1. The molecular weight excluding hydrogens is 248 g/mol. The van der Waals surface area contributed by atoms with Gasteiger partial charge in [0.25, 0.3) is 0 Å². The first kappa shape index (κ1) is 12.9. The highest BCUT2D eigenvalue weighted by Gasteiger charge is 2.07. The zero-order valence-corrected chi connectivity index (χ0v) is 11.3. The standard InChI is InChI=1S/C13H16N2O2S/c1-16-11-4-3-9(5-12(11)17-2)6-13-15-8-10(7-14)18-13/h3-5,8H,6-7,14H2,1-2H3. The van der Waals surface area contributed by atoms with Gasteiger partial charge in [0.15, 0.2) is 11.5 Å². The van der Waals surface area contributed by atoms with Crippen molar-refractivity contribution in [1.82, 2.24) is 4.98 Å². The summed E-state index contributed by atoms with van der Waals surface area (Å²) in [6.07, 6.45) is 2.62. The first-order valence-corrected chi connectivity index (χ1v) is 6.43. The molecule has 2 aromatic rings. The van der Waals surface area contributed by atoms with Crippen molar-refractivity contribution in [1.29, 1.82) is 0 Å². The van der Waals surface area contributed by atoms with Crippen molar-refractivity contribution in [3.05, 3.63) is 39.8 Å². The molecule has 0 radical (unpaired) electrons. The van der Waals surface area contributed by atoms with Crippen LogP contribution in [0, 0.1) is 0 Å². The molecule has 0 bridgehead atoms. The lowest BCUT2D eigenvalue weighted by atomic mass is 10.1. The van der Waals surface area contributed by atoms with Crippen molar-refractivity contribution in [2.45, 2.75) is 13.0 Å². The number of thiazole rings is 1. The van der Waals surface area contributed by atoms with E-state index in [1.54, 1.807) is 25.6 Å². The second-order valence-electron chi connectivity index (χ2n) is 3.79. The molecule has 0 aliphatic carbocycles. The lowest BCUT2D eigenvalue weighted by molar-refractivity contribution is 0.354. The third kappa shape index (κ3) is 2.80. The molecular formula is C13H16N2O2S. The van der Waals surface area contributed by atoms with E-state index in [0.717, 1.165) is 33.4 Å². The second-order valence-corrected chi connectivity index (χ2v) is 4.99. The second kappa shape index (κ2) is 5.84. The molecule has 0 saturated carbocycles. The third-order valence-corrected chi connectivity index (χ3v) is 3.63. The molecule has 4 nitrogen and oxygen atoms in total. The normalized spacial score (nSPS) is 10.4. The van der Waals surface area contributed by atoms with Crippen molar-refractivity contribution >= 4 is 11.3 Å². The quantitative estimate of drug-likeness (QED) is 0.899. The maximum Gasteiger partial charge on any atom is 0.160 e. The number of nitrogens with two attached hydrogens (primary N) is 1. The fourth-order valence-corrected chi connectivity index (χ4v) is 2.52. The molecule has 5 heteroatoms. The molecule has 2 rings (SSSR count). The maximum absolute atomic E-state index is 5.57. The number of hydrogen-bond donors (Lipinski definition) is 1. The Balaban J connectivity index is 2.18. The van der Waals surface area contributed by atoms with Gasteiger partial charge in [0.05, 0.1) is 19.2 Å². The zero-order chi connectivity index (χ0) is 13.0. The van der Waals surface area contributed by atoms with Crippen LogP contribution in [0.4, 0.5) is 0 Å². The van der Waals surface area contributed by atoms with Crippen molar-refractivity contribution in [2.75, 3.05) is 14.2 Å². The van der Waals surface area contributed by atoms with E-state index in [1.807, 2.05) is 24.4 Å². The number of hydrogen-bond acceptors (Lipinski definition) is 5. The van der Waals surface area contributed by atoms with Crippen LogP contribution >= 0.6 is 11.3 Å². The van der Waals surface area contributed by atoms with E-state index in [9.17, 15) is 0 Å². The van der Waals surface area contributed by atoms with Gasteiger partial charge >= 0.3 is 0 Å². The van der Waals surface area contributed by atoms with Crippen LogP contribution in [-0.4, -0.2) is 19.2 Å². The topological polar surface area (TPSA) is 57.4 Å². The Kier molecular flexibility index (Phi) is 4.17. The molecule has 0 saturated heterocycles. The Morgan fingerprint density at radius 1 is 1.22 bits per heavy atom. The van der Waals surface area contributed by atoms with Gasteiger partial charge in [-0.25, -0.2) is 4.98 Å². The Morgan fingerprint density at radius 3 is 2.61 bits per heavy atom. The Bertz CT molecular complexity index is 525. The number of aromatic nitrogens is 1. The summed E-state index contributed by atoms with van der Waals surface area (Å²) in [6, 6.07) is 5.90. The minimum atomic E-state index is 0.545. The van der Waals surface area contributed by atoms with E-state index < -0.39 is 0 Å². The first-order chi connectivity index (χ1) is 8.76. The van der Waals surface area contributed by atoms with Gasteiger partial charge < -0.3 is 15.2 Å². The van der Waals surface area contributed by atoms with Gasteiger partial charge in [0.2, 0.25) is 0 Å². The van der Waals surface area contributed by atoms with Gasteiger partial charge in [-0.15, -0.1) is 11.3 Å². The molecule has 0 amide bonds. The molecule has 1 heterocycles. The molecule has 1 aromatic heterocycles. The van der Waals surface area contributed by atoms with E-state index >= 15 is 0 Å². The van der Waals surface area contributed by atoms with Crippen LogP contribution in [0.15, 0.2) is 24.4 Å². The van der Waals surface area contributed by atoms with Crippen LogP contribution < -0.4 is 15.2 Å². The molecule has 0 unspecified atom stereocenters. The van der Waals surface area contributed by atoms with E-state index in [1.165, 1.54) is 0 Å². The van der Waals surface area contributed by atoms with Crippen LogP contribution in [0.25, 0.3) is 0 Å². The zero-order valence-electron chi connectivity index (χ0n) is 10.5. The smallest absolute Gasteiger partial charge is 0.160 e. The van der Waals surface area contributed by atoms with Gasteiger partial charge in [0, 0.05) is 24.0 Å². The predicted octanol–water partition coefficient (Wildman–Crippen LogP) is 2.21. The highest BCUT2D eigenvalue weighted by Crippen LogP contribution is 2.28. The highest BCUT2D eigenvalue weighted by molar-refractivity contribution is 7.11. The summed E-state index contributed by atoms with van der Waals surface area (Å²) >= 11 is 1.64. The highest BCUT2D eigenvalue weighted by atomic mass is 32.1. The first-order valence-electron chi connectivity index (χ1n) is 5.61. The van der Waals surface area contributed by atoms with Gasteiger partial charge in [-0.2, -0.15) is 0 Å². The van der Waals surface area contributed by atoms with Crippen LogP contribution in [0.2, 0.25) is 0 Å². The Labute approximate surface area is 110 Å². The van der Waals surface area contributed by atoms with E-state index in [2.05, 4.69) is 4.98 Å². The minimum Gasteiger partial charge on any atom is -0.493 e. The number of ether oxygens (including phenoxy) is 2. The van der Waals surface area contributed by atoms with E-state index in [0.29, 0.717) is 6.54 Å². The lowest BCUT2D eigenvalue weighted by Gasteiger charge is -2.08. The third-order valence-electron chi connectivity index (χ3n) is 2.61. The van der Waals surface area contributed by atoms with Crippen LogP contribution in [-0.2, 0) is 13.0 Å². The van der Waals surface area contributed by atoms with Crippen LogP contribution in [0.5, 0.6) is 11.5 Å². The van der Waals surface area contributed by atoms with Crippen molar-refractivity contribution in [2.24, 2.45) is 5.73 Å². The average molecular weight is 264 g/mol. The van der Waals surface area contributed by atoms with Crippen molar-refractivity contribution < 1.29 is 9.47 Å². The molecule has 96 valence electrons. The summed E-state index contributed by atoms with van der Waals surface area (Å²) in [4.78, 5) is 5.45. The van der Waals surface area contributed by atoms with Crippen LogP contribution in [0.3, 0.4) is 0 Å². The molecule has 0 aliphatic heterocycles. The molecule has 0 fully saturated rings. The summed E-state index contributed by atoms with van der Waals surface area (Å²) < 4.78 is 10.5. The predicted molar refractivity (Wildman–Crippen MR) is 72.4 cm³/mol.